The number of thioether (sulfide) groups is 1. The molecule has 2 unspecified atom stereocenters. The van der Waals surface area contributed by atoms with Crippen molar-refractivity contribution in [3.8, 4) is 0 Å². The first-order valence-corrected chi connectivity index (χ1v) is 8.39. The van der Waals surface area contributed by atoms with Gasteiger partial charge in [0.15, 0.2) is 0 Å². The van der Waals surface area contributed by atoms with E-state index in [1.54, 1.807) is 23.1 Å². The zero-order chi connectivity index (χ0) is 13.5. The summed E-state index contributed by atoms with van der Waals surface area (Å²) in [6.45, 7) is 11.5. The normalized spacial score (nSPS) is 14.2. The minimum Gasteiger partial charge on any atom is -0.360 e. The Bertz CT molecular complexity index is 376. The highest BCUT2D eigenvalue weighted by Gasteiger charge is 2.15. The maximum Gasteiger partial charge on any atom is 0.205 e. The molecule has 1 N–H and O–H groups in total. The smallest absolute Gasteiger partial charge is 0.205 e. The van der Waals surface area contributed by atoms with Crippen molar-refractivity contribution < 1.29 is 0 Å². The topological polar surface area (TPSA) is 37.8 Å². The minimum absolute atomic E-state index is 0.472. The molecule has 18 heavy (non-hydrogen) atoms. The van der Waals surface area contributed by atoms with Crippen LogP contribution in [0.2, 0.25) is 0 Å². The van der Waals surface area contributed by atoms with Crippen LogP contribution in [-0.2, 0) is 0 Å². The van der Waals surface area contributed by atoms with Crippen LogP contribution < -0.4 is 5.32 Å². The van der Waals surface area contributed by atoms with Crippen molar-refractivity contribution in [3.05, 3.63) is 16.5 Å². The predicted octanol–water partition coefficient (Wildman–Crippen LogP) is 4.37. The number of nitrogens with zero attached hydrogens (tertiary/aromatic N) is 2. The highest BCUT2D eigenvalue weighted by molar-refractivity contribution is 8.02. The molecule has 3 nitrogen and oxygen atoms in total. The molecule has 0 aliphatic carbocycles. The summed E-state index contributed by atoms with van der Waals surface area (Å²) in [5.74, 6) is 1.12. The van der Waals surface area contributed by atoms with Gasteiger partial charge in [-0.25, -0.2) is 0 Å². The van der Waals surface area contributed by atoms with E-state index >= 15 is 0 Å². The van der Waals surface area contributed by atoms with Crippen LogP contribution in [0, 0.1) is 5.92 Å². The molecule has 0 spiro atoms. The number of allylic oxidation sites excluding steroid dienone is 1. The van der Waals surface area contributed by atoms with E-state index in [1.165, 1.54) is 4.91 Å². The van der Waals surface area contributed by atoms with Gasteiger partial charge in [0.25, 0.3) is 0 Å². The summed E-state index contributed by atoms with van der Waals surface area (Å²) in [4.78, 5) is 1.26. The summed E-state index contributed by atoms with van der Waals surface area (Å²) in [7, 11) is 0. The van der Waals surface area contributed by atoms with Gasteiger partial charge >= 0.3 is 0 Å². The van der Waals surface area contributed by atoms with Crippen LogP contribution in [0.1, 0.15) is 44.5 Å². The number of hydrogen-bond acceptors (Lipinski definition) is 5. The SMILES string of the molecule is C=C(CC(C)CC(C)c1nnc(NCC)s1)SC. The average molecular weight is 285 g/mol. The van der Waals surface area contributed by atoms with Crippen LogP contribution in [0.25, 0.3) is 0 Å². The van der Waals surface area contributed by atoms with E-state index in [1.807, 2.05) is 0 Å². The molecule has 1 heterocycles. The van der Waals surface area contributed by atoms with Crippen molar-refractivity contribution in [2.24, 2.45) is 5.92 Å². The van der Waals surface area contributed by atoms with Crippen LogP contribution in [0.3, 0.4) is 0 Å². The Balaban J connectivity index is 2.48. The van der Waals surface area contributed by atoms with Crippen LogP contribution in [0.4, 0.5) is 5.13 Å². The summed E-state index contributed by atoms with van der Waals surface area (Å²) in [6.07, 6.45) is 4.32. The molecule has 1 aromatic heterocycles. The molecule has 0 aliphatic heterocycles. The van der Waals surface area contributed by atoms with Gasteiger partial charge in [0.05, 0.1) is 0 Å². The third-order valence-corrected chi connectivity index (χ3v) is 4.67. The third-order valence-electron chi connectivity index (χ3n) is 2.81. The van der Waals surface area contributed by atoms with Gasteiger partial charge in [-0.2, -0.15) is 0 Å². The Morgan fingerprint density at radius 2 is 2.17 bits per heavy atom. The molecule has 0 bridgehead atoms. The standard InChI is InChI=1S/C13H23N3S2/c1-6-14-13-16-15-12(18-13)10(3)7-9(2)8-11(4)17-5/h9-10H,4,6-8H2,1-3,5H3,(H,14,16). The largest absolute Gasteiger partial charge is 0.360 e. The molecule has 102 valence electrons. The zero-order valence-corrected chi connectivity index (χ0v) is 13.3. The third kappa shape index (κ3) is 4.98. The second-order valence-electron chi connectivity index (χ2n) is 4.66. The van der Waals surface area contributed by atoms with E-state index < -0.39 is 0 Å². The predicted molar refractivity (Wildman–Crippen MR) is 83.5 cm³/mol. The second kappa shape index (κ2) is 7.79. The summed E-state index contributed by atoms with van der Waals surface area (Å²) in [6, 6.07) is 0. The van der Waals surface area contributed by atoms with E-state index in [-0.39, 0.29) is 0 Å². The van der Waals surface area contributed by atoms with Gasteiger partial charge in [-0.1, -0.05) is 31.8 Å². The number of rotatable bonds is 8. The van der Waals surface area contributed by atoms with Crippen molar-refractivity contribution >= 4 is 28.2 Å². The van der Waals surface area contributed by atoms with Gasteiger partial charge in [-0.3, -0.25) is 0 Å². The van der Waals surface area contributed by atoms with Crippen molar-refractivity contribution in [2.45, 2.75) is 39.5 Å². The lowest BCUT2D eigenvalue weighted by molar-refractivity contribution is 0.485. The number of anilines is 1. The first kappa shape index (κ1) is 15.5. The Morgan fingerprint density at radius 1 is 1.44 bits per heavy atom. The molecule has 2 atom stereocenters. The van der Waals surface area contributed by atoms with E-state index in [4.69, 9.17) is 0 Å². The summed E-state index contributed by atoms with van der Waals surface area (Å²) >= 11 is 3.43. The lowest BCUT2D eigenvalue weighted by Gasteiger charge is -2.15. The van der Waals surface area contributed by atoms with Crippen molar-refractivity contribution in [1.29, 1.82) is 0 Å². The Morgan fingerprint density at radius 3 is 2.78 bits per heavy atom. The van der Waals surface area contributed by atoms with Gasteiger partial charge in [-0.15, -0.1) is 22.0 Å². The first-order valence-electron chi connectivity index (χ1n) is 6.35. The Labute approximate surface area is 118 Å². The summed E-state index contributed by atoms with van der Waals surface area (Å²) in [5, 5.41) is 13.7. The van der Waals surface area contributed by atoms with Crippen LogP contribution in [0.15, 0.2) is 11.5 Å². The molecule has 0 saturated heterocycles. The molecule has 0 aromatic carbocycles. The van der Waals surface area contributed by atoms with E-state index in [9.17, 15) is 0 Å². The zero-order valence-electron chi connectivity index (χ0n) is 11.7. The highest BCUT2D eigenvalue weighted by Crippen LogP contribution is 2.31. The lowest BCUT2D eigenvalue weighted by atomic mass is 9.95. The van der Waals surface area contributed by atoms with E-state index in [0.717, 1.165) is 29.5 Å². The number of nitrogens with one attached hydrogen (secondary N) is 1. The lowest BCUT2D eigenvalue weighted by Crippen LogP contribution is -2.02. The summed E-state index contributed by atoms with van der Waals surface area (Å²) < 4.78 is 0. The van der Waals surface area contributed by atoms with Crippen LogP contribution in [-0.4, -0.2) is 23.0 Å². The molecule has 0 saturated carbocycles. The molecule has 0 fully saturated rings. The Kier molecular flexibility index (Phi) is 6.71. The molecule has 0 amide bonds. The van der Waals surface area contributed by atoms with Crippen molar-refractivity contribution in [1.82, 2.24) is 10.2 Å². The first-order chi connectivity index (χ1) is 8.56. The molecule has 0 radical (unpaired) electrons. The fraction of sp³-hybridized carbons (Fsp3) is 0.692. The van der Waals surface area contributed by atoms with Gasteiger partial charge < -0.3 is 5.32 Å². The van der Waals surface area contributed by atoms with Crippen LogP contribution in [0.5, 0.6) is 0 Å². The molecule has 5 heteroatoms. The maximum absolute atomic E-state index is 4.27. The van der Waals surface area contributed by atoms with E-state index in [0.29, 0.717) is 11.8 Å². The Hall–Kier alpha value is -0.550. The summed E-state index contributed by atoms with van der Waals surface area (Å²) in [5.41, 5.74) is 0. The van der Waals surface area contributed by atoms with Gasteiger partial charge in [0.1, 0.15) is 5.01 Å². The molecular formula is C13H23N3S2. The number of aromatic nitrogens is 2. The molecule has 0 aliphatic rings. The molecular weight excluding hydrogens is 262 g/mol. The fourth-order valence-electron chi connectivity index (χ4n) is 1.92. The minimum atomic E-state index is 0.472. The fourth-order valence-corrected chi connectivity index (χ4v) is 3.24. The van der Waals surface area contributed by atoms with Gasteiger partial charge in [-0.05, 0) is 36.8 Å². The average Bonchev–Trinajstić information content (AvgIpc) is 2.77. The van der Waals surface area contributed by atoms with Gasteiger partial charge in [0, 0.05) is 12.5 Å². The van der Waals surface area contributed by atoms with Gasteiger partial charge in [0.2, 0.25) is 5.13 Å². The maximum atomic E-state index is 4.27. The monoisotopic (exact) mass is 285 g/mol. The van der Waals surface area contributed by atoms with Crippen molar-refractivity contribution in [3.63, 3.8) is 0 Å². The number of hydrogen-bond donors (Lipinski definition) is 1. The second-order valence-corrected chi connectivity index (χ2v) is 6.66. The van der Waals surface area contributed by atoms with Crippen molar-refractivity contribution in [2.75, 3.05) is 18.1 Å². The van der Waals surface area contributed by atoms with Crippen LogP contribution >= 0.6 is 23.1 Å². The molecule has 1 rings (SSSR count). The highest BCUT2D eigenvalue weighted by atomic mass is 32.2. The quantitative estimate of drug-likeness (QED) is 0.770. The van der Waals surface area contributed by atoms with E-state index in [2.05, 4.69) is 49.1 Å². The molecule has 1 aromatic rings.